The van der Waals surface area contributed by atoms with Gasteiger partial charge in [-0.3, -0.25) is 4.79 Å². The van der Waals surface area contributed by atoms with Crippen LogP contribution in [0.5, 0.6) is 0 Å². The Morgan fingerprint density at radius 3 is 2.94 bits per heavy atom. The van der Waals surface area contributed by atoms with E-state index in [0.29, 0.717) is 5.69 Å². The average Bonchev–Trinajstić information content (AvgIpc) is 2.43. The summed E-state index contributed by atoms with van der Waals surface area (Å²) in [5, 5.41) is 5.95. The van der Waals surface area contributed by atoms with Crippen LogP contribution in [0.2, 0.25) is 0 Å². The molecule has 4 heteroatoms. The molecular formula is C13H17FN2O. The van der Waals surface area contributed by atoms with Crippen LogP contribution in [0.25, 0.3) is 0 Å². The number of benzene rings is 1. The molecule has 1 amide bonds. The molecule has 1 atom stereocenters. The summed E-state index contributed by atoms with van der Waals surface area (Å²) in [7, 11) is 0. The van der Waals surface area contributed by atoms with Crippen molar-refractivity contribution in [1.29, 1.82) is 0 Å². The van der Waals surface area contributed by atoms with Gasteiger partial charge in [0.25, 0.3) is 0 Å². The van der Waals surface area contributed by atoms with Crippen molar-refractivity contribution in [2.45, 2.75) is 32.2 Å². The highest BCUT2D eigenvalue weighted by Gasteiger charge is 2.20. The van der Waals surface area contributed by atoms with E-state index in [9.17, 15) is 9.18 Å². The Labute approximate surface area is 100 Å². The third-order valence-electron chi connectivity index (χ3n) is 2.92. The lowest BCUT2D eigenvalue weighted by molar-refractivity contribution is -0.121. The first kappa shape index (κ1) is 11.9. The standard InChI is InChI=1S/C13H17FN2O/c1-9-6-10(14)8-11(7-9)16-12-4-2-3-5-15-13(12)17/h6-8,12,16H,2-5H2,1H3,(H,15,17). The topological polar surface area (TPSA) is 41.1 Å². The molecule has 1 saturated heterocycles. The maximum absolute atomic E-state index is 13.2. The zero-order valence-corrected chi connectivity index (χ0v) is 9.92. The molecule has 1 aliphatic heterocycles. The molecule has 0 aromatic heterocycles. The van der Waals surface area contributed by atoms with E-state index in [2.05, 4.69) is 10.6 Å². The van der Waals surface area contributed by atoms with Crippen molar-refractivity contribution in [1.82, 2.24) is 5.32 Å². The van der Waals surface area contributed by atoms with Crippen LogP contribution in [0.3, 0.4) is 0 Å². The molecular weight excluding hydrogens is 219 g/mol. The highest BCUT2D eigenvalue weighted by atomic mass is 19.1. The molecule has 1 heterocycles. The maximum Gasteiger partial charge on any atom is 0.242 e. The van der Waals surface area contributed by atoms with E-state index in [-0.39, 0.29) is 17.8 Å². The Morgan fingerprint density at radius 2 is 2.18 bits per heavy atom. The van der Waals surface area contributed by atoms with Gasteiger partial charge in [-0.05, 0) is 49.9 Å². The van der Waals surface area contributed by atoms with E-state index in [1.54, 1.807) is 0 Å². The summed E-state index contributed by atoms with van der Waals surface area (Å²) in [4.78, 5) is 11.7. The number of aryl methyl sites for hydroxylation is 1. The van der Waals surface area contributed by atoms with Crippen molar-refractivity contribution < 1.29 is 9.18 Å². The van der Waals surface area contributed by atoms with Crippen molar-refractivity contribution in [2.75, 3.05) is 11.9 Å². The van der Waals surface area contributed by atoms with Crippen LogP contribution in [0.4, 0.5) is 10.1 Å². The quantitative estimate of drug-likeness (QED) is 0.826. The Bertz CT molecular complexity index is 400. The van der Waals surface area contributed by atoms with E-state index in [1.807, 2.05) is 13.0 Å². The summed E-state index contributed by atoms with van der Waals surface area (Å²) in [6.45, 7) is 2.57. The fourth-order valence-corrected chi connectivity index (χ4v) is 2.10. The van der Waals surface area contributed by atoms with Crippen LogP contribution in [0.15, 0.2) is 18.2 Å². The lowest BCUT2D eigenvalue weighted by Crippen LogP contribution is -2.37. The van der Waals surface area contributed by atoms with Gasteiger partial charge in [0.05, 0.1) is 0 Å². The van der Waals surface area contributed by atoms with Crippen LogP contribution >= 0.6 is 0 Å². The Kier molecular flexibility index (Phi) is 3.61. The SMILES string of the molecule is Cc1cc(F)cc(NC2CCCCNC2=O)c1. The normalized spacial score (nSPS) is 20.6. The van der Waals surface area contributed by atoms with Gasteiger partial charge in [-0.2, -0.15) is 0 Å². The molecule has 3 nitrogen and oxygen atoms in total. The molecule has 0 saturated carbocycles. The number of halogens is 1. The third kappa shape index (κ3) is 3.19. The number of anilines is 1. The third-order valence-corrected chi connectivity index (χ3v) is 2.92. The summed E-state index contributed by atoms with van der Waals surface area (Å²) < 4.78 is 13.2. The van der Waals surface area contributed by atoms with Gasteiger partial charge in [-0.25, -0.2) is 4.39 Å². The van der Waals surface area contributed by atoms with Gasteiger partial charge < -0.3 is 10.6 Å². The fourth-order valence-electron chi connectivity index (χ4n) is 2.10. The molecule has 1 aliphatic rings. The second-order valence-corrected chi connectivity index (χ2v) is 4.50. The van der Waals surface area contributed by atoms with E-state index in [4.69, 9.17) is 0 Å². The number of nitrogens with one attached hydrogen (secondary N) is 2. The minimum Gasteiger partial charge on any atom is -0.374 e. The predicted octanol–water partition coefficient (Wildman–Crippen LogP) is 2.21. The Balaban J connectivity index is 2.10. The van der Waals surface area contributed by atoms with Crippen LogP contribution in [-0.4, -0.2) is 18.5 Å². The van der Waals surface area contributed by atoms with Crippen LogP contribution in [-0.2, 0) is 4.79 Å². The number of amides is 1. The summed E-state index contributed by atoms with van der Waals surface area (Å²) in [5.74, 6) is -0.272. The Hall–Kier alpha value is -1.58. The fraction of sp³-hybridized carbons (Fsp3) is 0.462. The molecule has 1 fully saturated rings. The van der Waals surface area contributed by atoms with Crippen molar-refractivity contribution >= 4 is 11.6 Å². The molecule has 92 valence electrons. The second kappa shape index (κ2) is 5.17. The maximum atomic E-state index is 13.2. The van der Waals surface area contributed by atoms with Gasteiger partial charge in [0.1, 0.15) is 11.9 Å². The monoisotopic (exact) mass is 236 g/mol. The molecule has 1 aromatic rings. The highest BCUT2D eigenvalue weighted by Crippen LogP contribution is 2.17. The van der Waals surface area contributed by atoms with E-state index >= 15 is 0 Å². The first-order chi connectivity index (χ1) is 8.15. The first-order valence-corrected chi connectivity index (χ1v) is 5.96. The van der Waals surface area contributed by atoms with Crippen molar-refractivity contribution in [3.8, 4) is 0 Å². The lowest BCUT2D eigenvalue weighted by Gasteiger charge is -2.16. The summed E-state index contributed by atoms with van der Waals surface area (Å²) >= 11 is 0. The second-order valence-electron chi connectivity index (χ2n) is 4.50. The lowest BCUT2D eigenvalue weighted by atomic mass is 10.1. The molecule has 0 aliphatic carbocycles. The number of hydrogen-bond acceptors (Lipinski definition) is 2. The van der Waals surface area contributed by atoms with Crippen molar-refractivity contribution in [3.63, 3.8) is 0 Å². The van der Waals surface area contributed by atoms with Gasteiger partial charge in [-0.15, -0.1) is 0 Å². The first-order valence-electron chi connectivity index (χ1n) is 5.96. The smallest absolute Gasteiger partial charge is 0.242 e. The Morgan fingerprint density at radius 1 is 1.35 bits per heavy atom. The van der Waals surface area contributed by atoms with Gasteiger partial charge in [0.2, 0.25) is 5.91 Å². The van der Waals surface area contributed by atoms with Gasteiger partial charge in [0.15, 0.2) is 0 Å². The molecule has 1 unspecified atom stereocenters. The van der Waals surface area contributed by atoms with Gasteiger partial charge in [0, 0.05) is 12.2 Å². The molecule has 0 spiro atoms. The van der Waals surface area contributed by atoms with E-state index in [1.165, 1.54) is 12.1 Å². The van der Waals surface area contributed by atoms with Crippen LogP contribution in [0.1, 0.15) is 24.8 Å². The van der Waals surface area contributed by atoms with Gasteiger partial charge >= 0.3 is 0 Å². The summed E-state index contributed by atoms with van der Waals surface area (Å²) in [5.41, 5.74) is 1.52. The average molecular weight is 236 g/mol. The molecule has 0 radical (unpaired) electrons. The van der Waals surface area contributed by atoms with Crippen LogP contribution in [0, 0.1) is 12.7 Å². The van der Waals surface area contributed by atoms with E-state index in [0.717, 1.165) is 31.4 Å². The largest absolute Gasteiger partial charge is 0.374 e. The van der Waals surface area contributed by atoms with Crippen molar-refractivity contribution in [2.24, 2.45) is 0 Å². The molecule has 2 rings (SSSR count). The summed E-state index contributed by atoms with van der Waals surface area (Å²) in [6.07, 6.45) is 2.80. The number of carbonyl (C=O) groups is 1. The zero-order chi connectivity index (χ0) is 12.3. The van der Waals surface area contributed by atoms with E-state index < -0.39 is 0 Å². The molecule has 0 bridgehead atoms. The molecule has 2 N–H and O–H groups in total. The highest BCUT2D eigenvalue weighted by molar-refractivity contribution is 5.84. The summed E-state index contributed by atoms with van der Waals surface area (Å²) in [6, 6.07) is 4.49. The number of rotatable bonds is 2. The zero-order valence-electron chi connectivity index (χ0n) is 9.92. The van der Waals surface area contributed by atoms with Crippen LogP contribution < -0.4 is 10.6 Å². The van der Waals surface area contributed by atoms with Crippen molar-refractivity contribution in [3.05, 3.63) is 29.6 Å². The minimum atomic E-state index is -0.276. The minimum absolute atomic E-state index is 0.00409. The number of carbonyl (C=O) groups excluding carboxylic acids is 1. The predicted molar refractivity (Wildman–Crippen MR) is 65.4 cm³/mol. The number of hydrogen-bond donors (Lipinski definition) is 2. The molecule has 17 heavy (non-hydrogen) atoms. The van der Waals surface area contributed by atoms with Gasteiger partial charge in [-0.1, -0.05) is 0 Å². The molecule has 1 aromatic carbocycles.